The summed E-state index contributed by atoms with van der Waals surface area (Å²) in [6.45, 7) is 3.54. The molecule has 0 aliphatic rings. The average Bonchev–Trinajstić information content (AvgIpc) is 2.27. The number of carbonyl (C=O) groups excluding carboxylic acids is 1. The zero-order valence-electron chi connectivity index (χ0n) is 10.7. The van der Waals surface area contributed by atoms with E-state index >= 15 is 0 Å². The predicted octanol–water partition coefficient (Wildman–Crippen LogP) is 2.13. The Bertz CT molecular complexity index is 488. The molecule has 0 heterocycles. The maximum Gasteiger partial charge on any atom is 0.308 e. The molecule has 1 rings (SSSR count). The van der Waals surface area contributed by atoms with Crippen molar-refractivity contribution in [3.8, 4) is 5.75 Å². The number of carbonyl (C=O) groups is 2. The molecule has 0 saturated carbocycles. The van der Waals surface area contributed by atoms with Gasteiger partial charge in [0.25, 0.3) is 5.91 Å². The first kappa shape index (κ1) is 15.3. The molecule has 1 atom stereocenters. The fraction of sp³-hybridized carbons (Fsp3) is 0.385. The number of amides is 1. The number of hydrogen-bond donors (Lipinski definition) is 3. The third kappa shape index (κ3) is 4.13. The molecule has 1 amide bonds. The maximum atomic E-state index is 11.8. The van der Waals surface area contributed by atoms with Gasteiger partial charge in [0.1, 0.15) is 5.75 Å². The van der Waals surface area contributed by atoms with Crippen LogP contribution < -0.4 is 5.32 Å². The van der Waals surface area contributed by atoms with Gasteiger partial charge in [0, 0.05) is 11.6 Å². The molecule has 0 saturated heterocycles. The van der Waals surface area contributed by atoms with Gasteiger partial charge in [-0.05, 0) is 24.1 Å². The third-order valence-electron chi connectivity index (χ3n) is 2.81. The van der Waals surface area contributed by atoms with Crippen LogP contribution >= 0.6 is 11.6 Å². The number of aliphatic carboxylic acids is 1. The van der Waals surface area contributed by atoms with Gasteiger partial charge >= 0.3 is 5.97 Å². The first-order valence-electron chi connectivity index (χ1n) is 5.82. The molecule has 19 heavy (non-hydrogen) atoms. The fourth-order valence-corrected chi connectivity index (χ4v) is 1.77. The van der Waals surface area contributed by atoms with Gasteiger partial charge in [-0.2, -0.15) is 0 Å². The van der Waals surface area contributed by atoms with E-state index < -0.39 is 17.8 Å². The van der Waals surface area contributed by atoms with Crippen molar-refractivity contribution < 1.29 is 19.8 Å². The Morgan fingerprint density at radius 2 is 2.00 bits per heavy atom. The van der Waals surface area contributed by atoms with Gasteiger partial charge in [-0.3, -0.25) is 9.59 Å². The molecule has 0 aromatic heterocycles. The van der Waals surface area contributed by atoms with Crippen LogP contribution in [0, 0.1) is 11.8 Å². The van der Waals surface area contributed by atoms with E-state index in [0.717, 1.165) is 0 Å². The molecular weight excluding hydrogens is 270 g/mol. The summed E-state index contributed by atoms with van der Waals surface area (Å²) in [5.41, 5.74) is 0.0669. The van der Waals surface area contributed by atoms with Crippen LogP contribution in [0.3, 0.4) is 0 Å². The molecule has 0 aliphatic heterocycles. The third-order valence-corrected chi connectivity index (χ3v) is 3.04. The van der Waals surface area contributed by atoms with E-state index in [4.69, 9.17) is 16.7 Å². The summed E-state index contributed by atoms with van der Waals surface area (Å²) in [7, 11) is 0. The highest BCUT2D eigenvalue weighted by Crippen LogP contribution is 2.21. The van der Waals surface area contributed by atoms with E-state index in [0.29, 0.717) is 5.02 Å². The molecular formula is C13H16ClNO4. The smallest absolute Gasteiger partial charge is 0.308 e. The van der Waals surface area contributed by atoms with Crippen LogP contribution in [-0.4, -0.2) is 28.6 Å². The number of halogens is 1. The average molecular weight is 286 g/mol. The molecule has 0 fully saturated rings. The zero-order chi connectivity index (χ0) is 14.6. The van der Waals surface area contributed by atoms with Gasteiger partial charge < -0.3 is 15.5 Å². The van der Waals surface area contributed by atoms with Gasteiger partial charge in [0.05, 0.1) is 11.5 Å². The second kappa shape index (κ2) is 6.43. The Balaban J connectivity index is 2.72. The molecule has 1 unspecified atom stereocenters. The van der Waals surface area contributed by atoms with E-state index in [1.165, 1.54) is 18.2 Å². The van der Waals surface area contributed by atoms with E-state index in [1.54, 1.807) is 13.8 Å². The lowest BCUT2D eigenvalue weighted by molar-refractivity contribution is -0.142. The Hall–Kier alpha value is -1.75. The second-order valence-corrected chi connectivity index (χ2v) is 5.00. The van der Waals surface area contributed by atoms with Gasteiger partial charge in [0.15, 0.2) is 0 Å². The van der Waals surface area contributed by atoms with E-state index in [9.17, 15) is 14.7 Å². The highest BCUT2D eigenvalue weighted by molar-refractivity contribution is 6.30. The summed E-state index contributed by atoms with van der Waals surface area (Å²) in [4.78, 5) is 22.8. The van der Waals surface area contributed by atoms with Crippen molar-refractivity contribution in [1.29, 1.82) is 0 Å². The van der Waals surface area contributed by atoms with E-state index in [-0.39, 0.29) is 23.8 Å². The fourth-order valence-electron chi connectivity index (χ4n) is 1.60. The highest BCUT2D eigenvalue weighted by Gasteiger charge is 2.22. The molecule has 0 aliphatic carbocycles. The summed E-state index contributed by atoms with van der Waals surface area (Å²) < 4.78 is 0. The van der Waals surface area contributed by atoms with Crippen molar-refractivity contribution in [2.24, 2.45) is 11.8 Å². The Morgan fingerprint density at radius 3 is 2.47 bits per heavy atom. The van der Waals surface area contributed by atoms with Crippen LogP contribution in [-0.2, 0) is 4.79 Å². The minimum atomic E-state index is -0.962. The molecule has 104 valence electrons. The molecule has 0 radical (unpaired) electrons. The topological polar surface area (TPSA) is 86.6 Å². The Morgan fingerprint density at radius 1 is 1.37 bits per heavy atom. The quantitative estimate of drug-likeness (QED) is 0.773. The summed E-state index contributed by atoms with van der Waals surface area (Å²) in [5, 5.41) is 21.4. The van der Waals surface area contributed by atoms with Crippen molar-refractivity contribution in [3.63, 3.8) is 0 Å². The van der Waals surface area contributed by atoms with Crippen LogP contribution in [0.1, 0.15) is 24.2 Å². The highest BCUT2D eigenvalue weighted by atomic mass is 35.5. The maximum absolute atomic E-state index is 11.8. The number of hydrogen-bond acceptors (Lipinski definition) is 3. The van der Waals surface area contributed by atoms with Crippen molar-refractivity contribution in [2.45, 2.75) is 13.8 Å². The van der Waals surface area contributed by atoms with Crippen LogP contribution in [0.5, 0.6) is 5.75 Å². The second-order valence-electron chi connectivity index (χ2n) is 4.56. The number of rotatable bonds is 5. The van der Waals surface area contributed by atoms with Crippen molar-refractivity contribution in [2.75, 3.05) is 6.54 Å². The zero-order valence-corrected chi connectivity index (χ0v) is 11.4. The number of benzene rings is 1. The van der Waals surface area contributed by atoms with Gasteiger partial charge in [-0.25, -0.2) is 0 Å². The largest absolute Gasteiger partial charge is 0.507 e. The number of carboxylic acids is 1. The number of carboxylic acid groups (broad SMARTS) is 1. The molecule has 3 N–H and O–H groups in total. The van der Waals surface area contributed by atoms with Crippen molar-refractivity contribution >= 4 is 23.5 Å². The van der Waals surface area contributed by atoms with E-state index in [1.807, 2.05) is 0 Å². The molecule has 0 bridgehead atoms. The Kier molecular flexibility index (Phi) is 5.18. The van der Waals surface area contributed by atoms with Crippen molar-refractivity contribution in [1.82, 2.24) is 5.32 Å². The molecule has 6 heteroatoms. The lowest BCUT2D eigenvalue weighted by Gasteiger charge is -2.16. The number of phenols is 1. The molecule has 5 nitrogen and oxygen atoms in total. The van der Waals surface area contributed by atoms with E-state index in [2.05, 4.69) is 5.32 Å². The number of nitrogens with one attached hydrogen (secondary N) is 1. The first-order chi connectivity index (χ1) is 8.82. The number of aromatic hydroxyl groups is 1. The Labute approximate surface area is 116 Å². The molecule has 1 aromatic carbocycles. The number of phenolic OH excluding ortho intramolecular Hbond substituents is 1. The molecule has 1 aromatic rings. The summed E-state index contributed by atoms with van der Waals surface area (Å²) in [6.07, 6.45) is 0. The minimum absolute atomic E-state index is 0.00784. The van der Waals surface area contributed by atoms with Crippen LogP contribution in [0.15, 0.2) is 18.2 Å². The summed E-state index contributed by atoms with van der Waals surface area (Å²) >= 11 is 5.66. The lowest BCUT2D eigenvalue weighted by Crippen LogP contribution is -2.35. The SMILES string of the molecule is CC(C)C(CNC(=O)c1ccc(Cl)cc1O)C(=O)O. The van der Waals surface area contributed by atoms with Crippen LogP contribution in [0.25, 0.3) is 0 Å². The summed E-state index contributed by atoms with van der Waals surface area (Å²) in [5.74, 6) is -2.49. The predicted molar refractivity (Wildman–Crippen MR) is 71.4 cm³/mol. The minimum Gasteiger partial charge on any atom is -0.507 e. The first-order valence-corrected chi connectivity index (χ1v) is 6.20. The monoisotopic (exact) mass is 285 g/mol. The summed E-state index contributed by atoms with van der Waals surface area (Å²) in [6, 6.07) is 4.12. The van der Waals surface area contributed by atoms with Gasteiger partial charge in [0.2, 0.25) is 0 Å². The normalized spacial score (nSPS) is 12.2. The van der Waals surface area contributed by atoms with Gasteiger partial charge in [-0.1, -0.05) is 25.4 Å². The van der Waals surface area contributed by atoms with Gasteiger partial charge in [-0.15, -0.1) is 0 Å². The van der Waals surface area contributed by atoms with Crippen molar-refractivity contribution in [3.05, 3.63) is 28.8 Å². The standard InChI is InChI=1S/C13H16ClNO4/c1-7(2)10(13(18)19)6-15-12(17)9-4-3-8(14)5-11(9)16/h3-5,7,10,16H,6H2,1-2H3,(H,15,17)(H,18,19). The van der Waals surface area contributed by atoms with Crippen LogP contribution in [0.4, 0.5) is 0 Å². The molecule has 0 spiro atoms. The van der Waals surface area contributed by atoms with Crippen LogP contribution in [0.2, 0.25) is 5.02 Å². The lowest BCUT2D eigenvalue weighted by atomic mass is 9.96.